The minimum atomic E-state index is 0.578. The predicted molar refractivity (Wildman–Crippen MR) is 72.0 cm³/mol. The highest BCUT2D eigenvalue weighted by Crippen LogP contribution is 2.33. The van der Waals surface area contributed by atoms with Crippen LogP contribution in [0.15, 0.2) is 11.4 Å². The lowest BCUT2D eigenvalue weighted by atomic mass is 9.83. The van der Waals surface area contributed by atoms with E-state index in [2.05, 4.69) is 30.7 Å². The van der Waals surface area contributed by atoms with E-state index in [9.17, 15) is 0 Å². The third-order valence-corrected chi connectivity index (χ3v) is 4.78. The van der Waals surface area contributed by atoms with Crippen LogP contribution in [-0.4, -0.2) is 7.05 Å². The molecule has 0 amide bonds. The molecule has 1 aliphatic rings. The van der Waals surface area contributed by atoms with Crippen molar-refractivity contribution >= 4 is 11.3 Å². The van der Waals surface area contributed by atoms with E-state index < -0.39 is 0 Å². The summed E-state index contributed by atoms with van der Waals surface area (Å²) in [6.07, 6.45) is 8.57. The van der Waals surface area contributed by atoms with Crippen molar-refractivity contribution in [1.82, 2.24) is 5.32 Å². The van der Waals surface area contributed by atoms with Crippen molar-refractivity contribution in [3.05, 3.63) is 21.9 Å². The van der Waals surface area contributed by atoms with Crippen LogP contribution >= 0.6 is 11.3 Å². The fourth-order valence-corrected chi connectivity index (χ4v) is 3.68. The lowest BCUT2D eigenvalue weighted by molar-refractivity contribution is 0.305. The zero-order chi connectivity index (χ0) is 11.4. The largest absolute Gasteiger partial charge is 0.313 e. The first-order valence-electron chi connectivity index (χ1n) is 6.52. The Morgan fingerprint density at radius 1 is 1.38 bits per heavy atom. The third kappa shape index (κ3) is 2.86. The fourth-order valence-electron chi connectivity index (χ4n) is 2.91. The molecule has 1 aromatic heterocycles. The standard InChI is InChI=1S/C14H23NS/c1-11-13(8-9-16-11)14(15-2)10-12-6-4-3-5-7-12/h8-9,12,14-15H,3-7,10H2,1-2H3. The molecule has 2 heteroatoms. The van der Waals surface area contributed by atoms with Crippen LogP contribution in [-0.2, 0) is 0 Å². The molecule has 1 nitrogen and oxygen atoms in total. The van der Waals surface area contributed by atoms with Crippen LogP contribution in [0, 0.1) is 12.8 Å². The first-order valence-corrected chi connectivity index (χ1v) is 7.40. The summed E-state index contributed by atoms with van der Waals surface area (Å²) in [7, 11) is 2.10. The monoisotopic (exact) mass is 237 g/mol. The van der Waals surface area contributed by atoms with Crippen molar-refractivity contribution in [2.75, 3.05) is 7.05 Å². The van der Waals surface area contributed by atoms with E-state index in [1.165, 1.54) is 49.0 Å². The Labute approximate surface area is 103 Å². The molecule has 0 radical (unpaired) electrons. The molecule has 1 fully saturated rings. The maximum atomic E-state index is 3.50. The molecular formula is C14H23NS. The molecule has 16 heavy (non-hydrogen) atoms. The molecule has 0 saturated heterocycles. The summed E-state index contributed by atoms with van der Waals surface area (Å²) in [4.78, 5) is 1.48. The van der Waals surface area contributed by atoms with E-state index >= 15 is 0 Å². The van der Waals surface area contributed by atoms with Crippen LogP contribution in [0.4, 0.5) is 0 Å². The second-order valence-corrected chi connectivity index (χ2v) is 6.13. The molecule has 1 unspecified atom stereocenters. The van der Waals surface area contributed by atoms with Gasteiger partial charge in [0.15, 0.2) is 0 Å². The van der Waals surface area contributed by atoms with Crippen LogP contribution in [0.1, 0.15) is 55.0 Å². The number of rotatable bonds is 4. The van der Waals surface area contributed by atoms with E-state index in [4.69, 9.17) is 0 Å². The fraction of sp³-hybridized carbons (Fsp3) is 0.714. The van der Waals surface area contributed by atoms with Gasteiger partial charge in [0.1, 0.15) is 0 Å². The summed E-state index contributed by atoms with van der Waals surface area (Å²) in [5.74, 6) is 0.950. The molecule has 0 aromatic carbocycles. The zero-order valence-electron chi connectivity index (χ0n) is 10.5. The lowest BCUT2D eigenvalue weighted by Crippen LogP contribution is -2.21. The highest BCUT2D eigenvalue weighted by molar-refractivity contribution is 7.10. The maximum absolute atomic E-state index is 3.50. The quantitative estimate of drug-likeness (QED) is 0.824. The van der Waals surface area contributed by atoms with E-state index in [0.717, 1.165) is 5.92 Å². The van der Waals surface area contributed by atoms with Crippen LogP contribution in [0.3, 0.4) is 0 Å². The summed E-state index contributed by atoms with van der Waals surface area (Å²) in [6, 6.07) is 2.87. The van der Waals surface area contributed by atoms with Crippen molar-refractivity contribution in [3.63, 3.8) is 0 Å². The van der Waals surface area contributed by atoms with Gasteiger partial charge in [-0.1, -0.05) is 32.1 Å². The van der Waals surface area contributed by atoms with Gasteiger partial charge in [-0.2, -0.15) is 0 Å². The molecule has 90 valence electrons. The van der Waals surface area contributed by atoms with Crippen molar-refractivity contribution in [1.29, 1.82) is 0 Å². The number of nitrogens with one attached hydrogen (secondary N) is 1. The molecule has 1 aromatic rings. The predicted octanol–water partition coefficient (Wildman–Crippen LogP) is 4.29. The number of aryl methyl sites for hydroxylation is 1. The van der Waals surface area contributed by atoms with E-state index in [-0.39, 0.29) is 0 Å². The summed E-state index contributed by atoms with van der Waals surface area (Å²) in [6.45, 7) is 2.24. The molecule has 2 rings (SSSR count). The van der Waals surface area contributed by atoms with Gasteiger partial charge in [0.05, 0.1) is 0 Å². The van der Waals surface area contributed by atoms with Gasteiger partial charge in [-0.25, -0.2) is 0 Å². The van der Waals surface area contributed by atoms with E-state index in [1.54, 1.807) is 0 Å². The van der Waals surface area contributed by atoms with E-state index in [0.29, 0.717) is 6.04 Å². The summed E-state index contributed by atoms with van der Waals surface area (Å²) >= 11 is 1.87. The normalized spacial score (nSPS) is 19.9. The van der Waals surface area contributed by atoms with Crippen molar-refractivity contribution < 1.29 is 0 Å². The number of hydrogen-bond acceptors (Lipinski definition) is 2. The van der Waals surface area contributed by atoms with Gasteiger partial charge in [0.2, 0.25) is 0 Å². The highest BCUT2D eigenvalue weighted by atomic mass is 32.1. The SMILES string of the molecule is CNC(CC1CCCCC1)c1ccsc1C. The topological polar surface area (TPSA) is 12.0 Å². The van der Waals surface area contributed by atoms with Gasteiger partial charge in [-0.05, 0) is 43.3 Å². The summed E-state index contributed by atoms with van der Waals surface area (Å²) in [5.41, 5.74) is 1.53. The Bertz CT molecular complexity index is 312. The van der Waals surface area contributed by atoms with Crippen molar-refractivity contribution in [3.8, 4) is 0 Å². The molecule has 0 spiro atoms. The molecule has 1 N–H and O–H groups in total. The van der Waals surface area contributed by atoms with Crippen LogP contribution < -0.4 is 5.32 Å². The molecule has 1 heterocycles. The van der Waals surface area contributed by atoms with Crippen LogP contribution in [0.2, 0.25) is 0 Å². The number of hydrogen-bond donors (Lipinski definition) is 1. The average Bonchev–Trinajstić information content (AvgIpc) is 2.74. The Hall–Kier alpha value is -0.340. The maximum Gasteiger partial charge on any atom is 0.0331 e. The van der Waals surface area contributed by atoms with Gasteiger partial charge in [0.25, 0.3) is 0 Å². The first-order chi connectivity index (χ1) is 7.81. The first kappa shape index (κ1) is 12.1. The molecule has 1 aliphatic carbocycles. The van der Waals surface area contributed by atoms with Gasteiger partial charge in [-0.15, -0.1) is 11.3 Å². The Kier molecular flexibility index (Phi) is 4.42. The molecule has 0 aliphatic heterocycles. The summed E-state index contributed by atoms with van der Waals surface area (Å²) < 4.78 is 0. The minimum absolute atomic E-state index is 0.578. The van der Waals surface area contributed by atoms with Crippen LogP contribution in [0.25, 0.3) is 0 Å². The van der Waals surface area contributed by atoms with E-state index in [1.807, 2.05) is 11.3 Å². The van der Waals surface area contributed by atoms with Crippen LogP contribution in [0.5, 0.6) is 0 Å². The average molecular weight is 237 g/mol. The van der Waals surface area contributed by atoms with Gasteiger partial charge in [0, 0.05) is 10.9 Å². The minimum Gasteiger partial charge on any atom is -0.313 e. The number of thiophene rings is 1. The van der Waals surface area contributed by atoms with Gasteiger partial charge in [-0.3, -0.25) is 0 Å². The van der Waals surface area contributed by atoms with Gasteiger partial charge >= 0.3 is 0 Å². The summed E-state index contributed by atoms with van der Waals surface area (Å²) in [5, 5.41) is 5.72. The zero-order valence-corrected chi connectivity index (χ0v) is 11.3. The third-order valence-electron chi connectivity index (χ3n) is 3.92. The second-order valence-electron chi connectivity index (χ2n) is 5.01. The molecular weight excluding hydrogens is 214 g/mol. The smallest absolute Gasteiger partial charge is 0.0331 e. The molecule has 1 atom stereocenters. The Morgan fingerprint density at radius 3 is 2.69 bits per heavy atom. The van der Waals surface area contributed by atoms with Crippen molar-refractivity contribution in [2.24, 2.45) is 5.92 Å². The lowest BCUT2D eigenvalue weighted by Gasteiger charge is -2.26. The molecule has 0 bridgehead atoms. The van der Waals surface area contributed by atoms with Crippen molar-refractivity contribution in [2.45, 2.75) is 51.5 Å². The van der Waals surface area contributed by atoms with Gasteiger partial charge < -0.3 is 5.32 Å². The molecule has 1 saturated carbocycles. The Morgan fingerprint density at radius 2 is 2.12 bits per heavy atom. The second kappa shape index (κ2) is 5.83. The Balaban J connectivity index is 1.97. The highest BCUT2D eigenvalue weighted by Gasteiger charge is 2.20.